The highest BCUT2D eigenvalue weighted by Gasteiger charge is 2.22. The predicted molar refractivity (Wildman–Crippen MR) is 91.7 cm³/mol. The Morgan fingerprint density at radius 2 is 1.88 bits per heavy atom. The number of hydrogen-bond donors (Lipinski definition) is 2. The maximum Gasteiger partial charge on any atom is 0.241 e. The lowest BCUT2D eigenvalue weighted by Gasteiger charge is -2.19. The van der Waals surface area contributed by atoms with E-state index < -0.39 is 22.2 Å². The largest absolute Gasteiger partial charge is 0.388 e. The maximum absolute atomic E-state index is 12.5. The number of aliphatic hydroxyl groups is 1. The molecule has 2 atom stereocenters. The van der Waals surface area contributed by atoms with Crippen molar-refractivity contribution < 1.29 is 13.5 Å². The van der Waals surface area contributed by atoms with Crippen molar-refractivity contribution in [2.24, 2.45) is 0 Å². The van der Waals surface area contributed by atoms with E-state index in [1.54, 1.807) is 38.1 Å². The number of sulfonamides is 1. The van der Waals surface area contributed by atoms with Crippen LogP contribution >= 0.6 is 0 Å². The van der Waals surface area contributed by atoms with Crippen molar-refractivity contribution in [1.29, 1.82) is 5.26 Å². The van der Waals surface area contributed by atoms with Crippen molar-refractivity contribution in [3.8, 4) is 6.07 Å². The van der Waals surface area contributed by atoms with Crippen molar-refractivity contribution >= 4 is 10.0 Å². The van der Waals surface area contributed by atoms with Crippen molar-refractivity contribution in [3.63, 3.8) is 0 Å². The summed E-state index contributed by atoms with van der Waals surface area (Å²) in [6.45, 7) is 3.38. The molecule has 0 fully saturated rings. The molecule has 0 amide bonds. The molecule has 6 heteroatoms. The summed E-state index contributed by atoms with van der Waals surface area (Å²) in [6.07, 6.45) is -0.504. The lowest BCUT2D eigenvalue weighted by molar-refractivity contribution is 0.158. The molecule has 0 spiro atoms. The van der Waals surface area contributed by atoms with Crippen LogP contribution in [0.15, 0.2) is 53.4 Å². The average molecular weight is 344 g/mol. The fourth-order valence-electron chi connectivity index (χ4n) is 2.48. The molecule has 2 N–H and O–H groups in total. The Hall–Kier alpha value is -2.20. The second-order valence-electron chi connectivity index (χ2n) is 5.78. The molecule has 0 aromatic heterocycles. The minimum Gasteiger partial charge on any atom is -0.388 e. The normalized spacial score (nSPS) is 13.9. The highest BCUT2D eigenvalue weighted by molar-refractivity contribution is 7.89. The standard InChI is InChI=1S/C18H20N2O3S/c1-13-8-9-15(12-19)11-18(13)24(22,23)20-14(2)10-17(21)16-6-4-3-5-7-16/h3-9,11,14,17,20-21H,10H2,1-2H3. The summed E-state index contributed by atoms with van der Waals surface area (Å²) in [5, 5.41) is 19.2. The van der Waals surface area contributed by atoms with E-state index in [1.165, 1.54) is 6.07 Å². The number of rotatable bonds is 6. The highest BCUT2D eigenvalue weighted by atomic mass is 32.2. The third kappa shape index (κ3) is 4.42. The molecule has 0 aliphatic carbocycles. The fourth-order valence-corrected chi connectivity index (χ4v) is 4.01. The van der Waals surface area contributed by atoms with E-state index in [2.05, 4.69) is 4.72 Å². The minimum atomic E-state index is -3.76. The fraction of sp³-hybridized carbons (Fsp3) is 0.278. The van der Waals surface area contributed by atoms with Crippen LogP contribution in [-0.2, 0) is 10.0 Å². The van der Waals surface area contributed by atoms with Crippen LogP contribution in [0.25, 0.3) is 0 Å². The predicted octanol–water partition coefficient (Wildman–Crippen LogP) is 2.66. The number of aliphatic hydroxyl groups excluding tert-OH is 1. The SMILES string of the molecule is Cc1ccc(C#N)cc1S(=O)(=O)NC(C)CC(O)c1ccccc1. The Bertz CT molecular complexity index is 842. The Kier molecular flexibility index (Phi) is 5.73. The number of nitrogens with one attached hydrogen (secondary N) is 1. The van der Waals surface area contributed by atoms with Crippen LogP contribution < -0.4 is 4.72 Å². The van der Waals surface area contributed by atoms with Crippen LogP contribution in [0, 0.1) is 18.3 Å². The molecule has 24 heavy (non-hydrogen) atoms. The monoisotopic (exact) mass is 344 g/mol. The Labute approximate surface area is 142 Å². The molecule has 2 aromatic carbocycles. The van der Waals surface area contributed by atoms with Crippen LogP contribution in [-0.4, -0.2) is 19.6 Å². The van der Waals surface area contributed by atoms with E-state index in [4.69, 9.17) is 5.26 Å². The first-order valence-corrected chi connectivity index (χ1v) is 9.08. The first-order valence-electron chi connectivity index (χ1n) is 7.59. The Morgan fingerprint density at radius 3 is 2.50 bits per heavy atom. The van der Waals surface area contributed by atoms with E-state index in [-0.39, 0.29) is 16.9 Å². The van der Waals surface area contributed by atoms with E-state index in [0.29, 0.717) is 5.56 Å². The third-order valence-electron chi connectivity index (χ3n) is 3.72. The zero-order valence-corrected chi connectivity index (χ0v) is 14.4. The van der Waals surface area contributed by atoms with Crippen molar-refractivity contribution in [2.45, 2.75) is 37.3 Å². The summed E-state index contributed by atoms with van der Waals surface area (Å²) in [7, 11) is -3.76. The van der Waals surface area contributed by atoms with Crippen molar-refractivity contribution in [2.75, 3.05) is 0 Å². The second kappa shape index (κ2) is 7.58. The van der Waals surface area contributed by atoms with Crippen LogP contribution in [0.5, 0.6) is 0 Å². The van der Waals surface area contributed by atoms with Crippen LogP contribution in [0.4, 0.5) is 0 Å². The minimum absolute atomic E-state index is 0.0857. The third-order valence-corrected chi connectivity index (χ3v) is 5.46. The highest BCUT2D eigenvalue weighted by Crippen LogP contribution is 2.21. The van der Waals surface area contributed by atoms with Gasteiger partial charge in [-0.05, 0) is 43.5 Å². The van der Waals surface area contributed by atoms with Gasteiger partial charge in [-0.15, -0.1) is 0 Å². The van der Waals surface area contributed by atoms with E-state index >= 15 is 0 Å². The molecule has 0 aliphatic rings. The number of benzene rings is 2. The van der Waals surface area contributed by atoms with Gasteiger partial charge in [0.15, 0.2) is 0 Å². The molecular formula is C18H20N2O3S. The molecule has 0 saturated carbocycles. The number of nitriles is 1. The van der Waals surface area contributed by atoms with Gasteiger partial charge in [0.05, 0.1) is 22.6 Å². The lowest BCUT2D eigenvalue weighted by atomic mass is 10.0. The molecule has 0 aliphatic heterocycles. The van der Waals surface area contributed by atoms with Gasteiger partial charge in [-0.2, -0.15) is 5.26 Å². The molecule has 0 saturated heterocycles. The first kappa shape index (κ1) is 18.1. The van der Waals surface area contributed by atoms with Gasteiger partial charge in [0.1, 0.15) is 0 Å². The smallest absolute Gasteiger partial charge is 0.241 e. The zero-order chi connectivity index (χ0) is 17.7. The Morgan fingerprint density at radius 1 is 1.21 bits per heavy atom. The molecule has 2 unspecified atom stereocenters. The van der Waals surface area contributed by atoms with Gasteiger partial charge in [-0.1, -0.05) is 36.4 Å². The number of aryl methyl sites for hydroxylation is 1. The first-order chi connectivity index (χ1) is 11.3. The van der Waals surface area contributed by atoms with E-state index in [1.807, 2.05) is 24.3 Å². The topological polar surface area (TPSA) is 90.2 Å². The molecule has 0 heterocycles. The summed E-state index contributed by atoms with van der Waals surface area (Å²) < 4.78 is 27.7. The van der Waals surface area contributed by atoms with Gasteiger partial charge >= 0.3 is 0 Å². The summed E-state index contributed by atoms with van der Waals surface area (Å²) in [4.78, 5) is 0.0857. The van der Waals surface area contributed by atoms with Crippen molar-refractivity contribution in [1.82, 2.24) is 4.72 Å². The lowest BCUT2D eigenvalue weighted by Crippen LogP contribution is -2.34. The molecule has 0 bridgehead atoms. The van der Waals surface area contributed by atoms with Gasteiger partial charge in [0.2, 0.25) is 10.0 Å². The van der Waals surface area contributed by atoms with Gasteiger partial charge in [-0.3, -0.25) is 0 Å². The molecule has 2 rings (SSSR count). The van der Waals surface area contributed by atoms with Crippen LogP contribution in [0.2, 0.25) is 0 Å². The number of hydrogen-bond acceptors (Lipinski definition) is 4. The zero-order valence-electron chi connectivity index (χ0n) is 13.6. The summed E-state index contributed by atoms with van der Waals surface area (Å²) in [5.74, 6) is 0. The molecule has 5 nitrogen and oxygen atoms in total. The molecule has 2 aromatic rings. The summed E-state index contributed by atoms with van der Waals surface area (Å²) >= 11 is 0. The van der Waals surface area contributed by atoms with Gasteiger partial charge in [0, 0.05) is 6.04 Å². The summed E-state index contributed by atoms with van der Waals surface area (Å²) in [5.41, 5.74) is 1.60. The Balaban J connectivity index is 2.13. The maximum atomic E-state index is 12.5. The molecular weight excluding hydrogens is 324 g/mol. The quantitative estimate of drug-likeness (QED) is 0.843. The van der Waals surface area contributed by atoms with Gasteiger partial charge in [-0.25, -0.2) is 13.1 Å². The van der Waals surface area contributed by atoms with Gasteiger partial charge in [0.25, 0.3) is 0 Å². The van der Waals surface area contributed by atoms with E-state index in [9.17, 15) is 13.5 Å². The molecule has 0 radical (unpaired) electrons. The van der Waals surface area contributed by atoms with E-state index in [0.717, 1.165) is 5.56 Å². The second-order valence-corrected chi connectivity index (χ2v) is 7.46. The number of nitrogens with zero attached hydrogens (tertiary/aromatic N) is 1. The average Bonchev–Trinajstić information content (AvgIpc) is 2.55. The van der Waals surface area contributed by atoms with Crippen LogP contribution in [0.3, 0.4) is 0 Å². The molecule has 126 valence electrons. The van der Waals surface area contributed by atoms with Crippen molar-refractivity contribution in [3.05, 3.63) is 65.2 Å². The van der Waals surface area contributed by atoms with Gasteiger partial charge < -0.3 is 5.11 Å². The summed E-state index contributed by atoms with van der Waals surface area (Å²) in [6, 6.07) is 15.1. The van der Waals surface area contributed by atoms with Crippen LogP contribution in [0.1, 0.15) is 36.1 Å².